The highest BCUT2D eigenvalue weighted by molar-refractivity contribution is 7.73. The van der Waals surface area contributed by atoms with Crippen LogP contribution in [0.1, 0.15) is 25.0 Å². The van der Waals surface area contributed by atoms with Gasteiger partial charge in [-0.05, 0) is 54.6 Å². The number of hydrogen-bond acceptors (Lipinski definition) is 0. The van der Waals surface area contributed by atoms with Gasteiger partial charge in [0.15, 0.2) is 0 Å². The van der Waals surface area contributed by atoms with Crippen molar-refractivity contribution in [2.45, 2.75) is 26.7 Å². The van der Waals surface area contributed by atoms with Gasteiger partial charge in [0.1, 0.15) is 0 Å². The zero-order valence-corrected chi connectivity index (χ0v) is 16.1. The molecule has 0 N–H and O–H groups in total. The fourth-order valence-corrected chi connectivity index (χ4v) is 5.64. The third-order valence-corrected chi connectivity index (χ3v) is 7.00. The number of aryl methyl sites for hydroxylation is 1. The summed E-state index contributed by atoms with van der Waals surface area (Å²) in [5.41, 5.74) is 3.05. The molecule has 128 valence electrons. The minimum absolute atomic E-state index is 0.307. The lowest BCUT2D eigenvalue weighted by molar-refractivity contribution is 0.643. The highest BCUT2D eigenvalue weighted by atomic mass is 31.1. The van der Waals surface area contributed by atoms with Crippen LogP contribution in [0.5, 0.6) is 0 Å². The van der Waals surface area contributed by atoms with Crippen molar-refractivity contribution in [3.05, 3.63) is 96.1 Å². The van der Waals surface area contributed by atoms with Gasteiger partial charge < -0.3 is 0 Å². The van der Waals surface area contributed by atoms with Gasteiger partial charge in [0.25, 0.3) is 0 Å². The second-order valence-corrected chi connectivity index (χ2v) is 9.28. The van der Waals surface area contributed by atoms with Crippen LogP contribution in [0.2, 0.25) is 0 Å². The van der Waals surface area contributed by atoms with E-state index < -0.39 is 0 Å². The van der Waals surface area contributed by atoms with Gasteiger partial charge in [-0.2, -0.15) is 0 Å². The maximum atomic E-state index is 2.32. The molecule has 0 aliphatic carbocycles. The molecule has 3 aromatic rings. The molecule has 1 heteroatoms. The van der Waals surface area contributed by atoms with Crippen molar-refractivity contribution in [2.75, 3.05) is 6.16 Å². The van der Waals surface area contributed by atoms with E-state index in [2.05, 4.69) is 98.8 Å². The zero-order valence-electron chi connectivity index (χ0n) is 15.2. The van der Waals surface area contributed by atoms with Crippen molar-refractivity contribution in [3.8, 4) is 0 Å². The van der Waals surface area contributed by atoms with Crippen LogP contribution in [0.25, 0.3) is 0 Å². The van der Waals surface area contributed by atoms with Crippen molar-refractivity contribution >= 4 is 18.5 Å². The van der Waals surface area contributed by atoms with Crippen molar-refractivity contribution in [1.29, 1.82) is 0 Å². The fraction of sp³-hybridized carbons (Fsp3) is 0.250. The molecule has 0 unspecified atom stereocenters. The lowest BCUT2D eigenvalue weighted by atomic mass is 9.97. The maximum absolute atomic E-state index is 2.32. The van der Waals surface area contributed by atoms with E-state index in [4.69, 9.17) is 0 Å². The molecule has 0 radical (unpaired) electrons. The van der Waals surface area contributed by atoms with Crippen molar-refractivity contribution in [1.82, 2.24) is 0 Å². The highest BCUT2D eigenvalue weighted by Crippen LogP contribution is 2.34. The summed E-state index contributed by atoms with van der Waals surface area (Å²) in [6.07, 6.45) is 3.53. The predicted molar refractivity (Wildman–Crippen MR) is 113 cm³/mol. The van der Waals surface area contributed by atoms with Gasteiger partial charge in [0.05, 0.1) is 0 Å². The minimum atomic E-state index is -0.307. The first kappa shape index (κ1) is 17.9. The average Bonchev–Trinajstić information content (AvgIpc) is 2.64. The monoisotopic (exact) mass is 346 g/mol. The maximum Gasteiger partial charge on any atom is -0.0195 e. The van der Waals surface area contributed by atoms with Crippen LogP contribution in [-0.2, 0) is 12.8 Å². The van der Waals surface area contributed by atoms with Gasteiger partial charge in [-0.3, -0.25) is 0 Å². The predicted octanol–water partition coefficient (Wildman–Crippen LogP) is 5.56. The summed E-state index contributed by atoms with van der Waals surface area (Å²) in [6.45, 7) is 4.61. The number of rotatable bonds is 7. The van der Waals surface area contributed by atoms with Gasteiger partial charge >= 0.3 is 0 Å². The van der Waals surface area contributed by atoms with E-state index in [0.29, 0.717) is 5.92 Å². The van der Waals surface area contributed by atoms with E-state index >= 15 is 0 Å². The second kappa shape index (κ2) is 8.97. The van der Waals surface area contributed by atoms with Crippen molar-refractivity contribution < 1.29 is 0 Å². The average molecular weight is 346 g/mol. The van der Waals surface area contributed by atoms with Crippen molar-refractivity contribution in [2.24, 2.45) is 5.92 Å². The third kappa shape index (κ3) is 5.03. The molecule has 0 saturated carbocycles. The van der Waals surface area contributed by atoms with E-state index in [1.165, 1.54) is 34.3 Å². The molecule has 0 atom stereocenters. The largest absolute Gasteiger partial charge is 0.0625 e. The SMILES string of the molecule is CC(C)Cc1ccccc1CCP(c1ccccc1)c1ccccc1. The van der Waals surface area contributed by atoms with Gasteiger partial charge in [0.2, 0.25) is 0 Å². The summed E-state index contributed by atoms with van der Waals surface area (Å²) in [5, 5.41) is 2.95. The van der Waals surface area contributed by atoms with Crippen LogP contribution in [0, 0.1) is 5.92 Å². The van der Waals surface area contributed by atoms with Crippen LogP contribution in [0.15, 0.2) is 84.9 Å². The van der Waals surface area contributed by atoms with Gasteiger partial charge in [0, 0.05) is 0 Å². The molecule has 0 nitrogen and oxygen atoms in total. The summed E-state index contributed by atoms with van der Waals surface area (Å²) < 4.78 is 0. The molecule has 3 aromatic carbocycles. The molecule has 0 amide bonds. The Kier molecular flexibility index (Phi) is 6.42. The molecule has 0 saturated heterocycles. The summed E-state index contributed by atoms with van der Waals surface area (Å²) in [4.78, 5) is 0. The van der Waals surface area contributed by atoms with Crippen LogP contribution < -0.4 is 10.6 Å². The second-order valence-electron chi connectivity index (χ2n) is 6.94. The Morgan fingerprint density at radius 1 is 0.640 bits per heavy atom. The lowest BCUT2D eigenvalue weighted by Crippen LogP contribution is -2.15. The Bertz CT molecular complexity index is 723. The van der Waals surface area contributed by atoms with Gasteiger partial charge in [-0.25, -0.2) is 0 Å². The highest BCUT2D eigenvalue weighted by Gasteiger charge is 2.14. The minimum Gasteiger partial charge on any atom is -0.0625 e. The molecule has 0 heterocycles. The van der Waals surface area contributed by atoms with E-state index in [1.807, 2.05) is 0 Å². The molecule has 0 aliphatic rings. The summed E-state index contributed by atoms with van der Waals surface area (Å²) in [7, 11) is -0.307. The molecular formula is C24H27P. The van der Waals surface area contributed by atoms with E-state index in [-0.39, 0.29) is 7.92 Å². The Hall–Kier alpha value is -1.91. The molecular weight excluding hydrogens is 319 g/mol. The van der Waals surface area contributed by atoms with Gasteiger partial charge in [-0.1, -0.05) is 98.8 Å². The summed E-state index contributed by atoms with van der Waals surface area (Å²) in [5.74, 6) is 0.700. The Labute approximate surface area is 153 Å². The molecule has 0 fully saturated rings. The smallest absolute Gasteiger partial charge is 0.0195 e. The lowest BCUT2D eigenvalue weighted by Gasteiger charge is -2.20. The fourth-order valence-electron chi connectivity index (χ4n) is 3.30. The number of benzene rings is 3. The van der Waals surface area contributed by atoms with Crippen LogP contribution >= 0.6 is 7.92 Å². The summed E-state index contributed by atoms with van der Waals surface area (Å²) in [6, 6.07) is 31.0. The van der Waals surface area contributed by atoms with E-state index in [0.717, 1.165) is 6.42 Å². The van der Waals surface area contributed by atoms with Crippen LogP contribution in [0.3, 0.4) is 0 Å². The summed E-state index contributed by atoms with van der Waals surface area (Å²) >= 11 is 0. The standard InChI is InChI=1S/C24H27P/c1-20(2)19-22-12-10-9-11-21(22)17-18-25(23-13-5-3-6-14-23)24-15-7-4-8-16-24/h3-16,20H,17-19H2,1-2H3. The first-order chi connectivity index (χ1) is 12.2. The molecule has 0 aromatic heterocycles. The first-order valence-corrected chi connectivity index (χ1v) is 10.7. The molecule has 25 heavy (non-hydrogen) atoms. The molecule has 0 bridgehead atoms. The Morgan fingerprint density at radius 2 is 1.12 bits per heavy atom. The third-order valence-electron chi connectivity index (χ3n) is 4.49. The Morgan fingerprint density at radius 3 is 1.64 bits per heavy atom. The zero-order chi connectivity index (χ0) is 17.5. The van der Waals surface area contributed by atoms with Crippen LogP contribution in [0.4, 0.5) is 0 Å². The normalized spacial score (nSPS) is 11.2. The molecule has 0 spiro atoms. The Balaban J connectivity index is 1.83. The first-order valence-electron chi connectivity index (χ1n) is 9.18. The van der Waals surface area contributed by atoms with Gasteiger partial charge in [-0.15, -0.1) is 0 Å². The molecule has 0 aliphatic heterocycles. The van der Waals surface area contributed by atoms with E-state index in [9.17, 15) is 0 Å². The quantitative estimate of drug-likeness (QED) is 0.491. The number of hydrogen-bond donors (Lipinski definition) is 0. The van der Waals surface area contributed by atoms with Crippen LogP contribution in [-0.4, -0.2) is 6.16 Å². The topological polar surface area (TPSA) is 0 Å². The van der Waals surface area contributed by atoms with Crippen molar-refractivity contribution in [3.63, 3.8) is 0 Å². The van der Waals surface area contributed by atoms with E-state index in [1.54, 1.807) is 0 Å². The molecule has 3 rings (SSSR count).